The first-order valence-electron chi connectivity index (χ1n) is 5.80. The zero-order chi connectivity index (χ0) is 9.97. The van der Waals surface area contributed by atoms with Crippen molar-refractivity contribution in [2.24, 2.45) is 0 Å². The lowest BCUT2D eigenvalue weighted by molar-refractivity contribution is -0.116. The third kappa shape index (κ3) is 1.76. The minimum Gasteiger partial charge on any atom is -0.296 e. The summed E-state index contributed by atoms with van der Waals surface area (Å²) in [4.78, 5) is 14.3. The van der Waals surface area contributed by atoms with Gasteiger partial charge in [-0.2, -0.15) is 0 Å². The molecule has 1 saturated heterocycles. The van der Waals surface area contributed by atoms with Crippen molar-refractivity contribution in [1.29, 1.82) is 0 Å². The smallest absolute Gasteiger partial charge is 0.160 e. The number of Topliss-reactive ketones (excluding diaryl/α,β-unsaturated/α-hetero) is 1. The summed E-state index contributed by atoms with van der Waals surface area (Å²) in [5.41, 5.74) is 1.12. The number of fused-ring (bicyclic) bond motifs is 1. The zero-order valence-corrected chi connectivity index (χ0v) is 8.96. The highest BCUT2D eigenvalue weighted by Crippen LogP contribution is 2.28. The van der Waals surface area contributed by atoms with E-state index in [0.29, 0.717) is 11.8 Å². The molecule has 0 aromatic carbocycles. The highest BCUT2D eigenvalue weighted by molar-refractivity contribution is 5.96. The van der Waals surface area contributed by atoms with Crippen molar-refractivity contribution in [3.05, 3.63) is 11.6 Å². The second-order valence-electron chi connectivity index (χ2n) is 4.32. The maximum Gasteiger partial charge on any atom is 0.160 e. The van der Waals surface area contributed by atoms with Gasteiger partial charge in [-0.25, -0.2) is 0 Å². The van der Waals surface area contributed by atoms with E-state index in [4.69, 9.17) is 0 Å². The molecule has 2 aliphatic heterocycles. The Bertz CT molecular complexity index is 257. The first-order chi connectivity index (χ1) is 6.83. The van der Waals surface area contributed by atoms with E-state index in [1.807, 2.05) is 0 Å². The number of nitrogens with zero attached hydrogens (tertiary/aromatic N) is 1. The number of ketones is 1. The maximum absolute atomic E-state index is 11.8. The predicted molar refractivity (Wildman–Crippen MR) is 57.2 cm³/mol. The van der Waals surface area contributed by atoms with Gasteiger partial charge in [0.05, 0.1) is 0 Å². The van der Waals surface area contributed by atoms with Gasteiger partial charge >= 0.3 is 0 Å². The van der Waals surface area contributed by atoms with Crippen molar-refractivity contribution in [2.75, 3.05) is 13.1 Å². The van der Waals surface area contributed by atoms with Crippen LogP contribution in [0, 0.1) is 0 Å². The van der Waals surface area contributed by atoms with Crippen LogP contribution in [0.15, 0.2) is 11.6 Å². The summed E-state index contributed by atoms with van der Waals surface area (Å²) in [6.45, 7) is 4.43. The van der Waals surface area contributed by atoms with Gasteiger partial charge in [-0.3, -0.25) is 9.69 Å². The molecule has 2 heteroatoms. The fourth-order valence-electron chi connectivity index (χ4n) is 2.64. The van der Waals surface area contributed by atoms with E-state index in [2.05, 4.69) is 17.9 Å². The fraction of sp³-hybridized carbons (Fsp3) is 0.750. The summed E-state index contributed by atoms with van der Waals surface area (Å²) >= 11 is 0. The lowest BCUT2D eigenvalue weighted by Gasteiger charge is -2.29. The Morgan fingerprint density at radius 1 is 1.57 bits per heavy atom. The number of hydrogen-bond acceptors (Lipinski definition) is 2. The predicted octanol–water partition coefficient (Wildman–Crippen LogP) is 2.15. The SMILES string of the molecule is CCCC(=O)C1=CCCN2CCC[C@H]12. The maximum atomic E-state index is 11.8. The molecule has 2 nitrogen and oxygen atoms in total. The van der Waals surface area contributed by atoms with Crippen molar-refractivity contribution < 1.29 is 4.79 Å². The molecule has 0 aliphatic carbocycles. The highest BCUT2D eigenvalue weighted by Gasteiger charge is 2.32. The highest BCUT2D eigenvalue weighted by atomic mass is 16.1. The van der Waals surface area contributed by atoms with Gasteiger partial charge in [-0.05, 0) is 32.2 Å². The van der Waals surface area contributed by atoms with E-state index in [-0.39, 0.29) is 0 Å². The summed E-state index contributed by atoms with van der Waals surface area (Å²) in [5, 5.41) is 0. The van der Waals surface area contributed by atoms with Crippen molar-refractivity contribution in [2.45, 2.75) is 45.1 Å². The molecular formula is C12H19NO. The Morgan fingerprint density at radius 2 is 2.43 bits per heavy atom. The molecule has 2 aliphatic rings. The van der Waals surface area contributed by atoms with Crippen LogP contribution in [0.1, 0.15) is 39.0 Å². The van der Waals surface area contributed by atoms with Gasteiger partial charge in [0.2, 0.25) is 0 Å². The molecule has 2 rings (SSSR count). The summed E-state index contributed by atoms with van der Waals surface area (Å²) in [6.07, 6.45) is 7.42. The average molecular weight is 193 g/mol. The van der Waals surface area contributed by atoms with Crippen LogP contribution in [0.3, 0.4) is 0 Å². The second-order valence-corrected chi connectivity index (χ2v) is 4.32. The molecule has 0 aromatic rings. The van der Waals surface area contributed by atoms with Crippen LogP contribution in [0.5, 0.6) is 0 Å². The lowest BCUT2D eigenvalue weighted by atomic mass is 9.94. The molecule has 2 heterocycles. The average Bonchev–Trinajstić information content (AvgIpc) is 2.65. The molecule has 1 atom stereocenters. The Hall–Kier alpha value is -0.630. The molecule has 0 unspecified atom stereocenters. The fourth-order valence-corrected chi connectivity index (χ4v) is 2.64. The normalized spacial score (nSPS) is 27.2. The Balaban J connectivity index is 2.09. The van der Waals surface area contributed by atoms with E-state index in [1.165, 1.54) is 19.4 Å². The molecule has 0 radical (unpaired) electrons. The largest absolute Gasteiger partial charge is 0.296 e. The minimum atomic E-state index is 0.393. The van der Waals surface area contributed by atoms with Crippen LogP contribution < -0.4 is 0 Å². The Morgan fingerprint density at radius 3 is 3.21 bits per heavy atom. The Kier molecular flexibility index (Phi) is 3.02. The standard InChI is InChI=1S/C12H19NO/c1-2-5-12(14)10-6-3-8-13-9-4-7-11(10)13/h6,11H,2-5,7-9H2,1H3/t11-/m1/s1. The third-order valence-electron chi connectivity index (χ3n) is 3.30. The second kappa shape index (κ2) is 4.26. The van der Waals surface area contributed by atoms with Crippen LogP contribution in [0.4, 0.5) is 0 Å². The van der Waals surface area contributed by atoms with Crippen LogP contribution in [-0.2, 0) is 4.79 Å². The summed E-state index contributed by atoms with van der Waals surface area (Å²) < 4.78 is 0. The number of carbonyl (C=O) groups excluding carboxylic acids is 1. The zero-order valence-electron chi connectivity index (χ0n) is 8.96. The lowest BCUT2D eigenvalue weighted by Crippen LogP contribution is -2.37. The quantitative estimate of drug-likeness (QED) is 0.684. The van der Waals surface area contributed by atoms with Gasteiger partial charge in [-0.15, -0.1) is 0 Å². The van der Waals surface area contributed by atoms with Gasteiger partial charge < -0.3 is 0 Å². The van der Waals surface area contributed by atoms with Gasteiger partial charge in [0, 0.05) is 24.6 Å². The van der Waals surface area contributed by atoms with Gasteiger partial charge in [0.1, 0.15) is 0 Å². The van der Waals surface area contributed by atoms with E-state index in [1.54, 1.807) is 0 Å². The molecule has 1 fully saturated rings. The van der Waals surface area contributed by atoms with Gasteiger partial charge in [0.25, 0.3) is 0 Å². The first-order valence-corrected chi connectivity index (χ1v) is 5.80. The van der Waals surface area contributed by atoms with E-state index >= 15 is 0 Å². The molecule has 0 bridgehead atoms. The molecule has 14 heavy (non-hydrogen) atoms. The molecule has 0 saturated carbocycles. The monoisotopic (exact) mass is 193 g/mol. The van der Waals surface area contributed by atoms with Crippen molar-refractivity contribution >= 4 is 5.78 Å². The first kappa shape index (κ1) is 9.91. The molecule has 0 spiro atoms. The summed E-state index contributed by atoms with van der Waals surface area (Å²) in [7, 11) is 0. The minimum absolute atomic E-state index is 0.393. The van der Waals surface area contributed by atoms with Crippen LogP contribution >= 0.6 is 0 Å². The van der Waals surface area contributed by atoms with Gasteiger partial charge in [0.15, 0.2) is 5.78 Å². The third-order valence-corrected chi connectivity index (χ3v) is 3.30. The molecule has 78 valence electrons. The van der Waals surface area contributed by atoms with Crippen LogP contribution in [-0.4, -0.2) is 29.8 Å². The van der Waals surface area contributed by atoms with Crippen LogP contribution in [0.2, 0.25) is 0 Å². The number of carbonyl (C=O) groups is 1. The molecule has 0 N–H and O–H groups in total. The molecule has 0 aromatic heterocycles. The number of rotatable bonds is 3. The van der Waals surface area contributed by atoms with Crippen molar-refractivity contribution in [3.8, 4) is 0 Å². The van der Waals surface area contributed by atoms with E-state index in [9.17, 15) is 4.79 Å². The summed E-state index contributed by atoms with van der Waals surface area (Å²) in [5.74, 6) is 0.393. The summed E-state index contributed by atoms with van der Waals surface area (Å²) in [6, 6.07) is 0.475. The van der Waals surface area contributed by atoms with Crippen molar-refractivity contribution in [3.63, 3.8) is 0 Å². The van der Waals surface area contributed by atoms with E-state index < -0.39 is 0 Å². The van der Waals surface area contributed by atoms with Crippen LogP contribution in [0.25, 0.3) is 0 Å². The molecular weight excluding hydrogens is 174 g/mol. The van der Waals surface area contributed by atoms with Crippen molar-refractivity contribution in [1.82, 2.24) is 4.90 Å². The molecule has 0 amide bonds. The van der Waals surface area contributed by atoms with E-state index in [0.717, 1.165) is 31.4 Å². The van der Waals surface area contributed by atoms with Gasteiger partial charge in [-0.1, -0.05) is 13.0 Å². The topological polar surface area (TPSA) is 20.3 Å². The Labute approximate surface area is 86.0 Å². The number of hydrogen-bond donors (Lipinski definition) is 0.